The van der Waals surface area contributed by atoms with E-state index in [0.29, 0.717) is 0 Å². The molecule has 14 heavy (non-hydrogen) atoms. The third kappa shape index (κ3) is 2.26. The normalized spacial score (nSPS) is 12.5. The van der Waals surface area contributed by atoms with Gasteiger partial charge in [0, 0.05) is 12.5 Å². The first kappa shape index (κ1) is 10.6. The van der Waals surface area contributed by atoms with Crippen LogP contribution in [0.2, 0.25) is 0 Å². The fraction of sp³-hybridized carbons (Fsp3) is 0.333. The molecule has 0 spiro atoms. The molecule has 0 heterocycles. The topological polar surface area (TPSA) is 63.4 Å². The van der Waals surface area contributed by atoms with E-state index in [9.17, 15) is 14.5 Å². The van der Waals surface area contributed by atoms with Gasteiger partial charge in [0.15, 0.2) is 0 Å². The second kappa shape index (κ2) is 4.15. The Morgan fingerprint density at radius 3 is 2.79 bits per heavy atom. The van der Waals surface area contributed by atoms with Crippen LogP contribution in [0.5, 0.6) is 0 Å². The second-order valence-electron chi connectivity index (χ2n) is 3.06. The molecule has 5 heteroatoms. The van der Waals surface area contributed by atoms with E-state index in [-0.39, 0.29) is 12.0 Å². The summed E-state index contributed by atoms with van der Waals surface area (Å²) in [6, 6.07) is 3.93. The first-order valence-corrected chi connectivity index (χ1v) is 4.12. The highest BCUT2D eigenvalue weighted by atomic mass is 19.1. The summed E-state index contributed by atoms with van der Waals surface area (Å²) in [5.74, 6) is -0.863. The number of benzene rings is 1. The van der Waals surface area contributed by atoms with Crippen LogP contribution in [0.25, 0.3) is 0 Å². The molecule has 0 aliphatic rings. The van der Waals surface area contributed by atoms with Crippen molar-refractivity contribution in [3.8, 4) is 0 Å². The zero-order valence-corrected chi connectivity index (χ0v) is 7.61. The summed E-state index contributed by atoms with van der Waals surface area (Å²) in [5, 5.41) is 19.4. The van der Waals surface area contributed by atoms with E-state index >= 15 is 0 Å². The minimum absolute atomic E-state index is 0.0769. The number of halogens is 1. The van der Waals surface area contributed by atoms with Crippen LogP contribution < -0.4 is 0 Å². The molecule has 0 saturated carbocycles. The maximum atomic E-state index is 13.3. The van der Waals surface area contributed by atoms with Crippen LogP contribution in [-0.4, -0.2) is 16.1 Å². The van der Waals surface area contributed by atoms with Gasteiger partial charge in [-0.1, -0.05) is 12.1 Å². The van der Waals surface area contributed by atoms with Crippen molar-refractivity contribution >= 4 is 5.69 Å². The van der Waals surface area contributed by atoms with Crippen molar-refractivity contribution in [2.24, 2.45) is 0 Å². The lowest BCUT2D eigenvalue weighted by molar-refractivity contribution is -0.387. The van der Waals surface area contributed by atoms with Gasteiger partial charge in [-0.3, -0.25) is 10.1 Å². The largest absolute Gasteiger partial charge is 0.393 e. The summed E-state index contributed by atoms with van der Waals surface area (Å²) < 4.78 is 13.3. The van der Waals surface area contributed by atoms with Crippen LogP contribution in [0.3, 0.4) is 0 Å². The summed E-state index contributed by atoms with van der Waals surface area (Å²) in [7, 11) is 0. The van der Waals surface area contributed by atoms with E-state index < -0.39 is 22.5 Å². The van der Waals surface area contributed by atoms with Gasteiger partial charge in [-0.05, 0) is 12.5 Å². The Kier molecular flexibility index (Phi) is 3.14. The molecule has 76 valence electrons. The van der Waals surface area contributed by atoms with Gasteiger partial charge in [-0.15, -0.1) is 0 Å². The molecule has 1 atom stereocenters. The third-order valence-electron chi connectivity index (χ3n) is 1.77. The van der Waals surface area contributed by atoms with Crippen molar-refractivity contribution in [2.75, 3.05) is 0 Å². The molecule has 0 radical (unpaired) electrons. The quantitative estimate of drug-likeness (QED) is 0.594. The Morgan fingerprint density at radius 1 is 1.64 bits per heavy atom. The van der Waals surface area contributed by atoms with Crippen LogP contribution in [0.1, 0.15) is 12.5 Å². The summed E-state index contributed by atoms with van der Waals surface area (Å²) in [5.41, 5.74) is -0.391. The second-order valence-corrected chi connectivity index (χ2v) is 3.06. The maximum absolute atomic E-state index is 13.3. The van der Waals surface area contributed by atoms with E-state index in [1.54, 1.807) is 0 Å². The number of nitrogens with zero attached hydrogens (tertiary/aromatic N) is 1. The van der Waals surface area contributed by atoms with E-state index in [0.717, 1.165) is 6.07 Å². The zero-order chi connectivity index (χ0) is 10.7. The van der Waals surface area contributed by atoms with Gasteiger partial charge >= 0.3 is 5.69 Å². The number of aliphatic hydroxyl groups excluding tert-OH is 1. The van der Waals surface area contributed by atoms with Crippen LogP contribution in [0, 0.1) is 15.9 Å². The highest BCUT2D eigenvalue weighted by Crippen LogP contribution is 2.20. The standard InChI is InChI=1S/C9H10FNO3/c1-6(12)5-7-3-2-4-8(9(7)10)11(13)14/h2-4,6,12H,5H2,1H3/t6-/m0/s1. The Morgan fingerprint density at radius 2 is 2.29 bits per heavy atom. The molecule has 0 amide bonds. The minimum Gasteiger partial charge on any atom is -0.393 e. The molecule has 0 unspecified atom stereocenters. The number of nitro groups is 1. The van der Waals surface area contributed by atoms with Gasteiger partial charge in [-0.2, -0.15) is 4.39 Å². The van der Waals surface area contributed by atoms with Gasteiger partial charge in [0.1, 0.15) is 0 Å². The molecular weight excluding hydrogens is 189 g/mol. The molecule has 0 bridgehead atoms. The summed E-state index contributed by atoms with van der Waals surface area (Å²) in [4.78, 5) is 9.59. The molecule has 0 aromatic heterocycles. The SMILES string of the molecule is C[C@H](O)Cc1cccc([N+](=O)[O-])c1F. The maximum Gasteiger partial charge on any atom is 0.305 e. The number of hydrogen-bond donors (Lipinski definition) is 1. The van der Waals surface area contributed by atoms with Gasteiger partial charge in [0.25, 0.3) is 0 Å². The number of hydrogen-bond acceptors (Lipinski definition) is 3. The third-order valence-corrected chi connectivity index (χ3v) is 1.77. The molecule has 0 saturated heterocycles. The number of aliphatic hydroxyl groups is 1. The minimum atomic E-state index is -0.863. The van der Waals surface area contributed by atoms with Crippen molar-refractivity contribution in [1.82, 2.24) is 0 Å². The predicted molar refractivity (Wildman–Crippen MR) is 48.4 cm³/mol. The molecule has 1 rings (SSSR count). The summed E-state index contributed by atoms with van der Waals surface area (Å²) in [6.07, 6.45) is -0.639. The lowest BCUT2D eigenvalue weighted by atomic mass is 10.1. The fourth-order valence-corrected chi connectivity index (χ4v) is 1.18. The smallest absolute Gasteiger partial charge is 0.305 e. The fourth-order valence-electron chi connectivity index (χ4n) is 1.18. The summed E-state index contributed by atoms with van der Waals surface area (Å²) in [6.45, 7) is 1.50. The van der Waals surface area contributed by atoms with Crippen molar-refractivity contribution in [1.29, 1.82) is 0 Å². The molecule has 0 aliphatic carbocycles. The van der Waals surface area contributed by atoms with Crippen molar-refractivity contribution in [3.63, 3.8) is 0 Å². The zero-order valence-electron chi connectivity index (χ0n) is 7.61. The highest BCUT2D eigenvalue weighted by molar-refractivity contribution is 5.36. The molecular formula is C9H10FNO3. The first-order valence-electron chi connectivity index (χ1n) is 4.12. The molecule has 0 fully saturated rings. The van der Waals surface area contributed by atoms with Gasteiger partial charge < -0.3 is 5.11 Å². The van der Waals surface area contributed by atoms with E-state index in [1.165, 1.54) is 19.1 Å². The van der Waals surface area contributed by atoms with E-state index in [1.807, 2.05) is 0 Å². The van der Waals surface area contributed by atoms with Crippen molar-refractivity contribution in [2.45, 2.75) is 19.4 Å². The predicted octanol–water partition coefficient (Wildman–Crippen LogP) is 1.66. The number of nitro benzene ring substituents is 1. The lowest BCUT2D eigenvalue weighted by Gasteiger charge is -2.05. The Balaban J connectivity index is 3.07. The molecule has 1 aromatic rings. The Hall–Kier alpha value is -1.49. The first-order chi connectivity index (χ1) is 6.52. The Bertz CT molecular complexity index is 352. The monoisotopic (exact) mass is 199 g/mol. The highest BCUT2D eigenvalue weighted by Gasteiger charge is 2.17. The molecule has 4 nitrogen and oxygen atoms in total. The van der Waals surface area contributed by atoms with Gasteiger partial charge in [-0.25, -0.2) is 0 Å². The van der Waals surface area contributed by atoms with Crippen LogP contribution in [0.15, 0.2) is 18.2 Å². The average molecular weight is 199 g/mol. The summed E-state index contributed by atoms with van der Waals surface area (Å²) >= 11 is 0. The molecule has 0 aliphatic heterocycles. The average Bonchev–Trinajstić information content (AvgIpc) is 2.07. The van der Waals surface area contributed by atoms with Gasteiger partial charge in [0.05, 0.1) is 11.0 Å². The van der Waals surface area contributed by atoms with Crippen LogP contribution in [0.4, 0.5) is 10.1 Å². The van der Waals surface area contributed by atoms with Crippen LogP contribution >= 0.6 is 0 Å². The van der Waals surface area contributed by atoms with Crippen LogP contribution in [-0.2, 0) is 6.42 Å². The molecule has 1 N–H and O–H groups in total. The number of rotatable bonds is 3. The van der Waals surface area contributed by atoms with E-state index in [2.05, 4.69) is 0 Å². The van der Waals surface area contributed by atoms with E-state index in [4.69, 9.17) is 5.11 Å². The Labute approximate surface area is 80.1 Å². The van der Waals surface area contributed by atoms with Crippen molar-refractivity contribution < 1.29 is 14.4 Å². The van der Waals surface area contributed by atoms with Gasteiger partial charge in [0.2, 0.25) is 5.82 Å². The lowest BCUT2D eigenvalue weighted by Crippen LogP contribution is -2.07. The van der Waals surface area contributed by atoms with Crippen molar-refractivity contribution in [3.05, 3.63) is 39.7 Å². The molecule has 1 aromatic carbocycles.